The summed E-state index contributed by atoms with van der Waals surface area (Å²) in [6, 6.07) is 18.7. The van der Waals surface area contributed by atoms with Crippen LogP contribution >= 0.6 is 11.6 Å². The lowest BCUT2D eigenvalue weighted by molar-refractivity contribution is -0.124. The van der Waals surface area contributed by atoms with Crippen molar-refractivity contribution < 1.29 is 19.2 Å². The predicted octanol–water partition coefficient (Wildman–Crippen LogP) is 5.42. The maximum Gasteiger partial charge on any atom is 0.272 e. The number of nitrogens with one attached hydrogen (secondary N) is 3. The maximum absolute atomic E-state index is 13.0. The average molecular weight is 531 g/mol. The number of aldehydes is 1. The highest BCUT2D eigenvalue weighted by Crippen LogP contribution is 2.25. The van der Waals surface area contributed by atoms with E-state index in [0.717, 1.165) is 22.8 Å². The lowest BCUT2D eigenvalue weighted by atomic mass is 10.1. The van der Waals surface area contributed by atoms with Crippen LogP contribution in [0.4, 0.5) is 11.4 Å². The van der Waals surface area contributed by atoms with Crippen molar-refractivity contribution in [3.05, 3.63) is 94.1 Å². The summed E-state index contributed by atoms with van der Waals surface area (Å²) in [7, 11) is 1.79. The van der Waals surface area contributed by atoms with Crippen LogP contribution in [0, 0.1) is 5.92 Å². The number of amides is 3. The number of fused-ring (bicyclic) bond motifs is 1. The Bertz CT molecular complexity index is 1540. The second-order valence-electron chi connectivity index (χ2n) is 9.20. The minimum absolute atomic E-state index is 0.0778. The van der Waals surface area contributed by atoms with Gasteiger partial charge in [0.05, 0.1) is 10.6 Å². The van der Waals surface area contributed by atoms with E-state index in [1.54, 1.807) is 72.3 Å². The Morgan fingerprint density at radius 1 is 0.895 bits per heavy atom. The topological polar surface area (TPSA) is 109 Å². The number of carbonyl (C=O) groups is 4. The zero-order valence-corrected chi connectivity index (χ0v) is 21.9. The summed E-state index contributed by atoms with van der Waals surface area (Å²) in [5.74, 6) is -0.911. The first-order chi connectivity index (χ1) is 18.2. The molecule has 9 heteroatoms. The molecule has 3 aromatic carbocycles. The van der Waals surface area contributed by atoms with Gasteiger partial charge in [-0.15, -0.1) is 0 Å². The predicted molar refractivity (Wildman–Crippen MR) is 149 cm³/mol. The summed E-state index contributed by atoms with van der Waals surface area (Å²) in [6.07, 6.45) is 0.740. The normalized spacial score (nSPS) is 10.9. The smallest absolute Gasteiger partial charge is 0.272 e. The van der Waals surface area contributed by atoms with E-state index in [1.807, 2.05) is 19.9 Å². The van der Waals surface area contributed by atoms with E-state index in [-0.39, 0.29) is 35.7 Å². The minimum atomic E-state index is -0.390. The molecule has 0 aliphatic rings. The number of rotatable bonds is 8. The van der Waals surface area contributed by atoms with Crippen LogP contribution < -0.4 is 16.0 Å². The SMILES string of the molecule is CC(C)C(=O)NCc1ccc(Cl)c(C(=O)Nc2ccc3c(c2)cc(C(=O)Nc2ccc(C=O)cc2)n3C)c1. The van der Waals surface area contributed by atoms with Crippen molar-refractivity contribution in [1.82, 2.24) is 9.88 Å². The standard InChI is InChI=1S/C29H27ClN4O4/c1-17(2)27(36)31-15-19-6-10-24(30)23(12-19)28(37)33-22-9-11-25-20(13-22)14-26(34(25)3)29(38)32-21-7-4-18(16-35)5-8-21/h4-14,16-17H,15H2,1-3H3,(H,31,36)(H,32,38)(H,33,37). The van der Waals surface area contributed by atoms with Gasteiger partial charge in [-0.3, -0.25) is 19.2 Å². The van der Waals surface area contributed by atoms with Crippen molar-refractivity contribution in [1.29, 1.82) is 0 Å². The molecule has 0 aliphatic heterocycles. The number of anilines is 2. The first-order valence-corrected chi connectivity index (χ1v) is 12.4. The zero-order chi connectivity index (χ0) is 27.4. The summed E-state index contributed by atoms with van der Waals surface area (Å²) in [6.45, 7) is 3.91. The molecule has 0 unspecified atom stereocenters. The molecule has 4 aromatic rings. The Kier molecular flexibility index (Phi) is 7.93. The molecule has 0 saturated carbocycles. The van der Waals surface area contributed by atoms with Crippen molar-refractivity contribution in [2.75, 3.05) is 10.6 Å². The molecular formula is C29H27ClN4O4. The Balaban J connectivity index is 1.50. The number of halogens is 1. The van der Waals surface area contributed by atoms with Crippen LogP contribution in [0.5, 0.6) is 0 Å². The Hall–Kier alpha value is -4.43. The molecule has 3 N–H and O–H groups in total. The Morgan fingerprint density at radius 3 is 2.26 bits per heavy atom. The van der Waals surface area contributed by atoms with Gasteiger partial charge in [-0.05, 0) is 66.2 Å². The summed E-state index contributed by atoms with van der Waals surface area (Å²) in [5, 5.41) is 9.58. The Labute approximate surface area is 225 Å². The zero-order valence-electron chi connectivity index (χ0n) is 21.2. The number of hydrogen-bond donors (Lipinski definition) is 3. The molecule has 0 aliphatic carbocycles. The third-order valence-electron chi connectivity index (χ3n) is 6.10. The minimum Gasteiger partial charge on any atom is -0.352 e. The third kappa shape index (κ3) is 5.92. The molecule has 3 amide bonds. The highest BCUT2D eigenvalue weighted by molar-refractivity contribution is 6.34. The fourth-order valence-corrected chi connectivity index (χ4v) is 4.14. The van der Waals surface area contributed by atoms with Gasteiger partial charge in [-0.2, -0.15) is 0 Å². The molecule has 0 radical (unpaired) electrons. The molecule has 0 saturated heterocycles. The van der Waals surface area contributed by atoms with Gasteiger partial charge in [0.15, 0.2) is 0 Å². The molecule has 8 nitrogen and oxygen atoms in total. The molecule has 0 bridgehead atoms. The molecule has 1 heterocycles. The highest BCUT2D eigenvalue weighted by atomic mass is 35.5. The van der Waals surface area contributed by atoms with E-state index >= 15 is 0 Å². The lowest BCUT2D eigenvalue weighted by Crippen LogP contribution is -2.27. The first kappa shape index (κ1) is 26.6. The van der Waals surface area contributed by atoms with Crippen LogP contribution in [0.3, 0.4) is 0 Å². The van der Waals surface area contributed by atoms with Crippen LogP contribution in [0.25, 0.3) is 10.9 Å². The van der Waals surface area contributed by atoms with Gasteiger partial charge in [0, 0.05) is 47.4 Å². The van der Waals surface area contributed by atoms with E-state index < -0.39 is 0 Å². The number of hydrogen-bond acceptors (Lipinski definition) is 4. The molecular weight excluding hydrogens is 504 g/mol. The van der Waals surface area contributed by atoms with Gasteiger partial charge in [0.1, 0.15) is 12.0 Å². The summed E-state index contributed by atoms with van der Waals surface area (Å²) < 4.78 is 1.77. The van der Waals surface area contributed by atoms with Crippen LogP contribution in [0.1, 0.15) is 50.6 Å². The van der Waals surface area contributed by atoms with Crippen LogP contribution in [0.15, 0.2) is 66.7 Å². The van der Waals surface area contributed by atoms with Gasteiger partial charge >= 0.3 is 0 Å². The van der Waals surface area contributed by atoms with E-state index in [1.165, 1.54) is 0 Å². The molecule has 0 atom stereocenters. The van der Waals surface area contributed by atoms with Gasteiger partial charge in [-0.1, -0.05) is 31.5 Å². The quantitative estimate of drug-likeness (QED) is 0.264. The van der Waals surface area contributed by atoms with E-state index in [0.29, 0.717) is 27.7 Å². The van der Waals surface area contributed by atoms with Crippen molar-refractivity contribution in [3.8, 4) is 0 Å². The van der Waals surface area contributed by atoms with E-state index in [4.69, 9.17) is 11.6 Å². The number of aromatic nitrogens is 1. The van der Waals surface area contributed by atoms with Crippen LogP contribution in [-0.4, -0.2) is 28.6 Å². The number of benzene rings is 3. The van der Waals surface area contributed by atoms with Gasteiger partial charge < -0.3 is 20.5 Å². The molecule has 0 spiro atoms. The molecule has 194 valence electrons. The number of aryl methyl sites for hydroxylation is 1. The van der Waals surface area contributed by atoms with E-state index in [9.17, 15) is 19.2 Å². The second-order valence-corrected chi connectivity index (χ2v) is 9.60. The number of carbonyl (C=O) groups excluding carboxylic acids is 4. The molecule has 1 aromatic heterocycles. The summed E-state index contributed by atoms with van der Waals surface area (Å²) >= 11 is 6.29. The van der Waals surface area contributed by atoms with Crippen LogP contribution in [-0.2, 0) is 18.4 Å². The van der Waals surface area contributed by atoms with Crippen molar-refractivity contribution in [2.24, 2.45) is 13.0 Å². The monoisotopic (exact) mass is 530 g/mol. The molecule has 4 rings (SSSR count). The number of nitrogens with zero attached hydrogens (tertiary/aromatic N) is 1. The first-order valence-electron chi connectivity index (χ1n) is 12.0. The lowest BCUT2D eigenvalue weighted by Gasteiger charge is -2.11. The van der Waals surface area contributed by atoms with E-state index in [2.05, 4.69) is 16.0 Å². The van der Waals surface area contributed by atoms with Gasteiger partial charge in [0.25, 0.3) is 11.8 Å². The van der Waals surface area contributed by atoms with Gasteiger partial charge in [0.2, 0.25) is 5.91 Å². The van der Waals surface area contributed by atoms with Crippen molar-refractivity contribution in [3.63, 3.8) is 0 Å². The van der Waals surface area contributed by atoms with Crippen LogP contribution in [0.2, 0.25) is 5.02 Å². The van der Waals surface area contributed by atoms with Crippen molar-refractivity contribution >= 4 is 57.9 Å². The molecule has 38 heavy (non-hydrogen) atoms. The largest absolute Gasteiger partial charge is 0.352 e. The Morgan fingerprint density at radius 2 is 1.58 bits per heavy atom. The average Bonchev–Trinajstić information content (AvgIpc) is 3.23. The summed E-state index contributed by atoms with van der Waals surface area (Å²) in [4.78, 5) is 48.6. The van der Waals surface area contributed by atoms with Crippen molar-refractivity contribution in [2.45, 2.75) is 20.4 Å². The van der Waals surface area contributed by atoms with Gasteiger partial charge in [-0.25, -0.2) is 0 Å². The highest BCUT2D eigenvalue weighted by Gasteiger charge is 2.16. The molecule has 0 fully saturated rings. The summed E-state index contributed by atoms with van der Waals surface area (Å²) in [5.41, 5.74) is 3.92. The second kappa shape index (κ2) is 11.3. The fourth-order valence-electron chi connectivity index (χ4n) is 3.93. The fraction of sp³-hybridized carbons (Fsp3) is 0.172. The maximum atomic E-state index is 13.0. The third-order valence-corrected chi connectivity index (χ3v) is 6.43.